The van der Waals surface area contributed by atoms with Crippen molar-refractivity contribution in [2.24, 2.45) is 7.05 Å². The average molecular weight is 302 g/mol. The van der Waals surface area contributed by atoms with Gasteiger partial charge in [0, 0.05) is 26.2 Å². The summed E-state index contributed by atoms with van der Waals surface area (Å²) in [7, 11) is -2.04. The van der Waals surface area contributed by atoms with Crippen LogP contribution in [0.5, 0.6) is 0 Å². The third-order valence-electron chi connectivity index (χ3n) is 3.64. The number of nitrogen functional groups attached to an aromatic ring is 1. The molecule has 1 aromatic rings. The van der Waals surface area contributed by atoms with Crippen LogP contribution in [0.4, 0.5) is 5.82 Å². The molecule has 0 atom stereocenters. The van der Waals surface area contributed by atoms with Crippen molar-refractivity contribution in [1.82, 2.24) is 14.1 Å². The van der Waals surface area contributed by atoms with Gasteiger partial charge in [0.15, 0.2) is 11.6 Å². The van der Waals surface area contributed by atoms with Crippen LogP contribution >= 0.6 is 0 Å². The summed E-state index contributed by atoms with van der Waals surface area (Å²) >= 11 is 0. The normalized spacial score (nSPS) is 23.4. The smallest absolute Gasteiger partial charge is 0.248 e. The number of anilines is 1. The highest BCUT2D eigenvalue weighted by Gasteiger charge is 2.45. The van der Waals surface area contributed by atoms with Crippen LogP contribution in [0.3, 0.4) is 0 Å². The molecule has 0 amide bonds. The third-order valence-corrected chi connectivity index (χ3v) is 5.50. The lowest BCUT2D eigenvalue weighted by molar-refractivity contribution is -0.179. The molecule has 0 aliphatic carbocycles. The predicted octanol–water partition coefficient (Wildman–Crippen LogP) is -0.470. The number of rotatable bonds is 2. The van der Waals surface area contributed by atoms with E-state index < -0.39 is 15.8 Å². The number of nitrogens with zero attached hydrogens (tertiary/aromatic N) is 3. The molecule has 2 aliphatic heterocycles. The molecule has 9 heteroatoms. The van der Waals surface area contributed by atoms with E-state index in [1.807, 2.05) is 0 Å². The third kappa shape index (κ3) is 2.20. The van der Waals surface area contributed by atoms with Crippen LogP contribution in [0, 0.1) is 0 Å². The monoisotopic (exact) mass is 302 g/mol. The van der Waals surface area contributed by atoms with Crippen LogP contribution in [0.25, 0.3) is 0 Å². The second-order valence-electron chi connectivity index (χ2n) is 5.10. The molecule has 3 rings (SSSR count). The van der Waals surface area contributed by atoms with Crippen molar-refractivity contribution < 1.29 is 17.9 Å². The van der Waals surface area contributed by atoms with Gasteiger partial charge in [0.25, 0.3) is 0 Å². The molecule has 0 bridgehead atoms. The summed E-state index contributed by atoms with van der Waals surface area (Å²) in [6.07, 6.45) is 2.82. The van der Waals surface area contributed by atoms with Crippen LogP contribution in [-0.2, 0) is 26.5 Å². The Morgan fingerprint density at radius 3 is 2.70 bits per heavy atom. The number of aryl methyl sites for hydroxylation is 1. The molecule has 8 nitrogen and oxygen atoms in total. The minimum absolute atomic E-state index is 0.0142. The SMILES string of the molecule is Cn1cc(S(=O)(=O)N2CCCC3(C2)OCCO3)c(N)n1. The summed E-state index contributed by atoms with van der Waals surface area (Å²) in [4.78, 5) is 0.0371. The van der Waals surface area contributed by atoms with Crippen LogP contribution in [0.1, 0.15) is 12.8 Å². The summed E-state index contributed by atoms with van der Waals surface area (Å²) in [6, 6.07) is 0. The van der Waals surface area contributed by atoms with E-state index in [0.717, 1.165) is 0 Å². The van der Waals surface area contributed by atoms with Gasteiger partial charge in [0.1, 0.15) is 4.90 Å². The van der Waals surface area contributed by atoms with Gasteiger partial charge >= 0.3 is 0 Å². The lowest BCUT2D eigenvalue weighted by atomic mass is 10.1. The Morgan fingerprint density at radius 2 is 2.10 bits per heavy atom. The van der Waals surface area contributed by atoms with E-state index in [2.05, 4.69) is 5.10 Å². The van der Waals surface area contributed by atoms with Crippen molar-refractivity contribution >= 4 is 15.8 Å². The highest BCUT2D eigenvalue weighted by molar-refractivity contribution is 7.89. The molecule has 0 unspecified atom stereocenters. The Hall–Kier alpha value is -1.16. The van der Waals surface area contributed by atoms with E-state index in [0.29, 0.717) is 32.6 Å². The lowest BCUT2D eigenvalue weighted by Crippen LogP contribution is -2.50. The lowest BCUT2D eigenvalue weighted by Gasteiger charge is -2.37. The molecule has 0 aromatic carbocycles. The second kappa shape index (κ2) is 4.69. The maximum absolute atomic E-state index is 12.6. The Morgan fingerprint density at radius 1 is 1.40 bits per heavy atom. The summed E-state index contributed by atoms with van der Waals surface area (Å²) in [5, 5.41) is 3.89. The van der Waals surface area contributed by atoms with Crippen molar-refractivity contribution in [3.63, 3.8) is 0 Å². The van der Waals surface area contributed by atoms with Gasteiger partial charge in [-0.1, -0.05) is 0 Å². The van der Waals surface area contributed by atoms with E-state index in [-0.39, 0.29) is 17.3 Å². The molecular formula is C11H18N4O4S. The number of nitrogens with two attached hydrogens (primary N) is 1. The number of aromatic nitrogens is 2. The molecule has 1 spiro atoms. The van der Waals surface area contributed by atoms with Gasteiger partial charge in [0.05, 0.1) is 19.8 Å². The van der Waals surface area contributed by atoms with Crippen molar-refractivity contribution in [2.45, 2.75) is 23.5 Å². The summed E-state index contributed by atoms with van der Waals surface area (Å²) in [5.74, 6) is -0.775. The number of hydrogen-bond donors (Lipinski definition) is 1. The zero-order chi connectivity index (χ0) is 14.4. The number of hydrogen-bond acceptors (Lipinski definition) is 6. The van der Waals surface area contributed by atoms with Gasteiger partial charge < -0.3 is 15.2 Å². The summed E-state index contributed by atoms with van der Waals surface area (Å²) in [5.41, 5.74) is 5.68. The fraction of sp³-hybridized carbons (Fsp3) is 0.727. The Balaban J connectivity index is 1.89. The molecule has 20 heavy (non-hydrogen) atoms. The highest BCUT2D eigenvalue weighted by atomic mass is 32.2. The Kier molecular flexibility index (Phi) is 3.24. The molecule has 0 radical (unpaired) electrons. The van der Waals surface area contributed by atoms with E-state index in [1.165, 1.54) is 15.2 Å². The summed E-state index contributed by atoms with van der Waals surface area (Å²) in [6.45, 7) is 1.64. The molecule has 2 fully saturated rings. The molecule has 2 aliphatic rings. The average Bonchev–Trinajstić information content (AvgIpc) is 2.97. The predicted molar refractivity (Wildman–Crippen MR) is 70.2 cm³/mol. The van der Waals surface area contributed by atoms with Crippen molar-refractivity contribution in [3.05, 3.63) is 6.20 Å². The molecule has 0 saturated carbocycles. The fourth-order valence-electron chi connectivity index (χ4n) is 2.71. The molecule has 1 aromatic heterocycles. The van der Waals surface area contributed by atoms with Crippen LogP contribution in [-0.4, -0.2) is 54.6 Å². The zero-order valence-electron chi connectivity index (χ0n) is 11.3. The fourth-order valence-corrected chi connectivity index (χ4v) is 4.32. The molecular weight excluding hydrogens is 284 g/mol. The number of ether oxygens (including phenoxy) is 2. The Bertz CT molecular complexity index is 606. The summed E-state index contributed by atoms with van der Waals surface area (Å²) < 4.78 is 39.2. The first-order valence-corrected chi connectivity index (χ1v) is 7.94. The first kappa shape index (κ1) is 13.8. The topological polar surface area (TPSA) is 99.7 Å². The van der Waals surface area contributed by atoms with Gasteiger partial charge in [-0.05, 0) is 6.42 Å². The first-order valence-electron chi connectivity index (χ1n) is 6.50. The van der Waals surface area contributed by atoms with Crippen LogP contribution in [0.15, 0.2) is 11.1 Å². The van der Waals surface area contributed by atoms with Crippen molar-refractivity contribution in [2.75, 3.05) is 32.0 Å². The van der Waals surface area contributed by atoms with Gasteiger partial charge in [-0.2, -0.15) is 9.40 Å². The number of sulfonamides is 1. The van der Waals surface area contributed by atoms with E-state index in [9.17, 15) is 8.42 Å². The minimum Gasteiger partial charge on any atom is -0.381 e. The van der Waals surface area contributed by atoms with E-state index in [4.69, 9.17) is 15.2 Å². The van der Waals surface area contributed by atoms with Crippen LogP contribution in [0.2, 0.25) is 0 Å². The minimum atomic E-state index is -3.67. The van der Waals surface area contributed by atoms with Crippen molar-refractivity contribution in [1.29, 1.82) is 0 Å². The van der Waals surface area contributed by atoms with Gasteiger partial charge in [-0.3, -0.25) is 4.68 Å². The molecule has 2 N–H and O–H groups in total. The number of piperidine rings is 1. The zero-order valence-corrected chi connectivity index (χ0v) is 12.1. The highest BCUT2D eigenvalue weighted by Crippen LogP contribution is 2.33. The molecule has 3 heterocycles. The largest absolute Gasteiger partial charge is 0.381 e. The Labute approximate surface area is 117 Å². The molecule has 112 valence electrons. The standard InChI is InChI=1S/C11H18N4O4S/c1-14-7-9(10(12)13-14)20(16,17)15-4-2-3-11(8-15)18-5-6-19-11/h7H,2-6,8H2,1H3,(H2,12,13). The van der Waals surface area contributed by atoms with Crippen molar-refractivity contribution in [3.8, 4) is 0 Å². The van der Waals surface area contributed by atoms with Gasteiger partial charge in [-0.25, -0.2) is 8.42 Å². The van der Waals surface area contributed by atoms with Gasteiger partial charge in [0.2, 0.25) is 10.0 Å². The quantitative estimate of drug-likeness (QED) is 0.793. The first-order chi connectivity index (χ1) is 9.43. The maximum Gasteiger partial charge on any atom is 0.248 e. The van der Waals surface area contributed by atoms with E-state index in [1.54, 1.807) is 7.05 Å². The maximum atomic E-state index is 12.6. The van der Waals surface area contributed by atoms with E-state index >= 15 is 0 Å². The van der Waals surface area contributed by atoms with Crippen LogP contribution < -0.4 is 5.73 Å². The second-order valence-corrected chi connectivity index (χ2v) is 7.01. The van der Waals surface area contributed by atoms with Gasteiger partial charge in [-0.15, -0.1) is 0 Å². The molecule has 2 saturated heterocycles.